The Morgan fingerprint density at radius 2 is 1.44 bits per heavy atom. The lowest BCUT2D eigenvalue weighted by Gasteiger charge is -2.12. The Labute approximate surface area is 105 Å². The van der Waals surface area contributed by atoms with Gasteiger partial charge in [-0.1, -0.05) is 54.6 Å². The molecule has 0 radical (unpaired) electrons. The Morgan fingerprint density at radius 3 is 2.00 bits per heavy atom. The quantitative estimate of drug-likeness (QED) is 0.872. The largest absolute Gasteiger partial charge is 0.324 e. The van der Waals surface area contributed by atoms with Gasteiger partial charge in [-0.2, -0.15) is 0 Å². The average molecular weight is 247 g/mol. The zero-order valence-corrected chi connectivity index (χ0v) is 9.89. The third-order valence-corrected chi connectivity index (χ3v) is 2.92. The highest BCUT2D eigenvalue weighted by Gasteiger charge is 2.09. The van der Waals surface area contributed by atoms with Crippen LogP contribution in [0.2, 0.25) is 0 Å². The standard InChI is InChI=1S/C15H15F2N/c16-15(17)13-8-6-11(7-9-13)10-14(18)12-4-2-1-3-5-12/h1-9,14-15H,10,18H2. The Bertz CT molecular complexity index is 480. The van der Waals surface area contributed by atoms with Crippen LogP contribution in [0, 0.1) is 0 Å². The molecule has 0 amide bonds. The molecule has 2 rings (SSSR count). The van der Waals surface area contributed by atoms with Crippen LogP contribution in [-0.4, -0.2) is 0 Å². The van der Waals surface area contributed by atoms with Crippen LogP contribution in [0.1, 0.15) is 29.2 Å². The molecule has 1 nitrogen and oxygen atoms in total. The molecule has 0 saturated carbocycles. The molecule has 0 fully saturated rings. The summed E-state index contributed by atoms with van der Waals surface area (Å²) in [6.07, 6.45) is -1.77. The van der Waals surface area contributed by atoms with Crippen molar-refractivity contribution in [2.75, 3.05) is 0 Å². The van der Waals surface area contributed by atoms with Crippen molar-refractivity contribution in [1.29, 1.82) is 0 Å². The number of halogens is 2. The highest BCUT2D eigenvalue weighted by molar-refractivity contribution is 5.26. The Balaban J connectivity index is 2.05. The van der Waals surface area contributed by atoms with Gasteiger partial charge in [-0.15, -0.1) is 0 Å². The summed E-state index contributed by atoms with van der Waals surface area (Å²) in [4.78, 5) is 0. The van der Waals surface area contributed by atoms with Crippen molar-refractivity contribution in [2.45, 2.75) is 18.9 Å². The van der Waals surface area contributed by atoms with Crippen molar-refractivity contribution in [2.24, 2.45) is 5.73 Å². The number of rotatable bonds is 4. The van der Waals surface area contributed by atoms with E-state index in [0.29, 0.717) is 6.42 Å². The molecule has 2 N–H and O–H groups in total. The molecule has 0 saturated heterocycles. The molecule has 18 heavy (non-hydrogen) atoms. The van der Waals surface area contributed by atoms with Gasteiger partial charge in [0.25, 0.3) is 6.43 Å². The summed E-state index contributed by atoms with van der Waals surface area (Å²) < 4.78 is 24.8. The number of hydrogen-bond donors (Lipinski definition) is 1. The maximum absolute atomic E-state index is 12.4. The first kappa shape index (κ1) is 12.7. The molecule has 0 bridgehead atoms. The summed E-state index contributed by atoms with van der Waals surface area (Å²) in [7, 11) is 0. The third kappa shape index (κ3) is 3.14. The van der Waals surface area contributed by atoms with E-state index in [-0.39, 0.29) is 11.6 Å². The third-order valence-electron chi connectivity index (χ3n) is 2.92. The minimum Gasteiger partial charge on any atom is -0.324 e. The van der Waals surface area contributed by atoms with Crippen molar-refractivity contribution in [3.8, 4) is 0 Å². The predicted octanol–water partition coefficient (Wildman–Crippen LogP) is 3.87. The molecule has 0 spiro atoms. The van der Waals surface area contributed by atoms with Gasteiger partial charge in [0.15, 0.2) is 0 Å². The maximum Gasteiger partial charge on any atom is 0.263 e. The fraction of sp³-hybridized carbons (Fsp3) is 0.200. The molecule has 2 aromatic rings. The van der Waals surface area contributed by atoms with Crippen molar-refractivity contribution in [3.63, 3.8) is 0 Å². The predicted molar refractivity (Wildman–Crippen MR) is 68.5 cm³/mol. The average Bonchev–Trinajstić information content (AvgIpc) is 2.40. The molecule has 0 heterocycles. The summed E-state index contributed by atoms with van der Waals surface area (Å²) >= 11 is 0. The van der Waals surface area contributed by atoms with Gasteiger partial charge in [-0.3, -0.25) is 0 Å². The van der Waals surface area contributed by atoms with Crippen molar-refractivity contribution in [1.82, 2.24) is 0 Å². The zero-order chi connectivity index (χ0) is 13.0. The van der Waals surface area contributed by atoms with Crippen LogP contribution >= 0.6 is 0 Å². The van der Waals surface area contributed by atoms with E-state index in [4.69, 9.17) is 5.73 Å². The second-order valence-corrected chi connectivity index (χ2v) is 4.26. The van der Waals surface area contributed by atoms with E-state index in [1.165, 1.54) is 12.1 Å². The highest BCUT2D eigenvalue weighted by atomic mass is 19.3. The summed E-state index contributed by atoms with van der Waals surface area (Å²) in [5.74, 6) is 0. The van der Waals surface area contributed by atoms with Crippen LogP contribution in [0.4, 0.5) is 8.78 Å². The second-order valence-electron chi connectivity index (χ2n) is 4.26. The monoisotopic (exact) mass is 247 g/mol. The first-order valence-electron chi connectivity index (χ1n) is 5.84. The Morgan fingerprint density at radius 1 is 0.833 bits per heavy atom. The number of alkyl halides is 2. The zero-order valence-electron chi connectivity index (χ0n) is 9.89. The van der Waals surface area contributed by atoms with E-state index in [1.807, 2.05) is 30.3 Å². The van der Waals surface area contributed by atoms with Crippen molar-refractivity contribution < 1.29 is 8.78 Å². The smallest absolute Gasteiger partial charge is 0.263 e. The molecular formula is C15H15F2N. The van der Waals surface area contributed by atoms with E-state index in [2.05, 4.69) is 0 Å². The van der Waals surface area contributed by atoms with E-state index >= 15 is 0 Å². The lowest BCUT2D eigenvalue weighted by Crippen LogP contribution is -2.13. The molecule has 0 aliphatic heterocycles. The second kappa shape index (κ2) is 5.74. The van der Waals surface area contributed by atoms with Crippen LogP contribution in [0.15, 0.2) is 54.6 Å². The van der Waals surface area contributed by atoms with Crippen molar-refractivity contribution >= 4 is 0 Å². The first-order valence-corrected chi connectivity index (χ1v) is 5.84. The van der Waals surface area contributed by atoms with Gasteiger partial charge in [-0.05, 0) is 17.5 Å². The minimum atomic E-state index is -2.41. The molecule has 1 atom stereocenters. The van der Waals surface area contributed by atoms with Gasteiger partial charge < -0.3 is 5.73 Å². The Hall–Kier alpha value is -1.74. The van der Waals surface area contributed by atoms with Crippen LogP contribution in [0.25, 0.3) is 0 Å². The van der Waals surface area contributed by atoms with Crippen LogP contribution in [0.5, 0.6) is 0 Å². The lowest BCUT2D eigenvalue weighted by molar-refractivity contribution is 0.151. The van der Waals surface area contributed by atoms with Gasteiger partial charge in [0.2, 0.25) is 0 Å². The highest BCUT2D eigenvalue weighted by Crippen LogP contribution is 2.21. The molecule has 0 aromatic heterocycles. The topological polar surface area (TPSA) is 26.0 Å². The molecule has 1 unspecified atom stereocenters. The molecule has 0 aliphatic carbocycles. The summed E-state index contributed by atoms with van der Waals surface area (Å²) in [5.41, 5.74) is 8.14. The van der Waals surface area contributed by atoms with E-state index < -0.39 is 6.43 Å². The maximum atomic E-state index is 12.4. The van der Waals surface area contributed by atoms with E-state index in [9.17, 15) is 8.78 Å². The van der Waals surface area contributed by atoms with E-state index in [1.54, 1.807) is 12.1 Å². The van der Waals surface area contributed by atoms with Crippen LogP contribution < -0.4 is 5.73 Å². The SMILES string of the molecule is NC(Cc1ccc(C(F)F)cc1)c1ccccc1. The summed E-state index contributed by atoms with van der Waals surface area (Å²) in [5, 5.41) is 0. The van der Waals surface area contributed by atoms with Crippen LogP contribution in [-0.2, 0) is 6.42 Å². The molecule has 94 valence electrons. The number of benzene rings is 2. The normalized spacial score (nSPS) is 12.7. The Kier molecular flexibility index (Phi) is 4.05. The van der Waals surface area contributed by atoms with Gasteiger partial charge >= 0.3 is 0 Å². The van der Waals surface area contributed by atoms with Crippen LogP contribution in [0.3, 0.4) is 0 Å². The van der Waals surface area contributed by atoms with E-state index in [0.717, 1.165) is 11.1 Å². The molecule has 0 aliphatic rings. The fourth-order valence-corrected chi connectivity index (χ4v) is 1.87. The molecular weight excluding hydrogens is 232 g/mol. The van der Waals surface area contributed by atoms with Gasteiger partial charge in [0, 0.05) is 11.6 Å². The fourth-order valence-electron chi connectivity index (χ4n) is 1.87. The first-order chi connectivity index (χ1) is 8.66. The molecule has 2 aromatic carbocycles. The number of nitrogens with two attached hydrogens (primary N) is 1. The molecule has 3 heteroatoms. The summed E-state index contributed by atoms with van der Waals surface area (Å²) in [6, 6.07) is 16.0. The van der Waals surface area contributed by atoms with Gasteiger partial charge in [-0.25, -0.2) is 8.78 Å². The van der Waals surface area contributed by atoms with Gasteiger partial charge in [0.05, 0.1) is 0 Å². The van der Waals surface area contributed by atoms with Crippen molar-refractivity contribution in [3.05, 3.63) is 71.3 Å². The lowest BCUT2D eigenvalue weighted by atomic mass is 9.99. The minimum absolute atomic E-state index is 0.0482. The summed E-state index contributed by atoms with van der Waals surface area (Å²) in [6.45, 7) is 0. The van der Waals surface area contributed by atoms with Gasteiger partial charge in [0.1, 0.15) is 0 Å². The number of hydrogen-bond acceptors (Lipinski definition) is 1.